The van der Waals surface area contributed by atoms with Crippen LogP contribution in [0.3, 0.4) is 0 Å². The first kappa shape index (κ1) is 22.1. The highest BCUT2D eigenvalue weighted by Gasteiger charge is 2.38. The third-order valence-corrected chi connectivity index (χ3v) is 6.13. The molecule has 2 aromatic rings. The smallest absolute Gasteiger partial charge is 0.341 e. The molecule has 0 saturated carbocycles. The SMILES string of the molecule is CCOC(=O)c1c(N=C[C@H]2C(=O)NC(=S)N(c3ccc(Cl)cc3)C2=O)sc(C)c1C. The van der Waals surface area contributed by atoms with Crippen molar-refractivity contribution >= 4 is 75.0 Å². The number of nitrogens with zero attached hydrogens (tertiary/aromatic N) is 2. The van der Waals surface area contributed by atoms with Crippen molar-refractivity contribution in [3.63, 3.8) is 0 Å². The second-order valence-electron chi connectivity index (χ2n) is 6.38. The predicted molar refractivity (Wildman–Crippen MR) is 121 cm³/mol. The fourth-order valence-corrected chi connectivity index (χ4v) is 4.26. The van der Waals surface area contributed by atoms with E-state index in [1.54, 1.807) is 38.1 Å². The van der Waals surface area contributed by atoms with Crippen molar-refractivity contribution in [2.75, 3.05) is 11.5 Å². The number of aryl methyl sites for hydroxylation is 1. The Kier molecular flexibility index (Phi) is 6.64. The number of amides is 2. The number of hydrogen-bond acceptors (Lipinski definition) is 7. The quantitative estimate of drug-likeness (QED) is 0.314. The molecular formula is C20H18ClN3O4S2. The minimum Gasteiger partial charge on any atom is -0.462 e. The Bertz CT molecular complexity index is 1060. The molecule has 30 heavy (non-hydrogen) atoms. The molecule has 0 radical (unpaired) electrons. The molecule has 0 aliphatic carbocycles. The van der Waals surface area contributed by atoms with Gasteiger partial charge in [-0.2, -0.15) is 0 Å². The van der Waals surface area contributed by atoms with E-state index < -0.39 is 23.7 Å². The topological polar surface area (TPSA) is 88.1 Å². The number of carbonyl (C=O) groups is 3. The van der Waals surface area contributed by atoms with Gasteiger partial charge in [0.1, 0.15) is 5.00 Å². The van der Waals surface area contributed by atoms with Crippen LogP contribution in [0.2, 0.25) is 5.02 Å². The largest absolute Gasteiger partial charge is 0.462 e. The molecule has 1 aliphatic heterocycles. The molecule has 0 bridgehead atoms. The van der Waals surface area contributed by atoms with Gasteiger partial charge in [0.25, 0.3) is 5.91 Å². The number of anilines is 1. The monoisotopic (exact) mass is 463 g/mol. The molecule has 0 unspecified atom stereocenters. The minimum atomic E-state index is -1.20. The number of halogens is 1. The molecule has 1 atom stereocenters. The highest BCUT2D eigenvalue weighted by molar-refractivity contribution is 7.80. The number of carbonyl (C=O) groups excluding carboxylic acids is 3. The number of nitrogens with one attached hydrogen (secondary N) is 1. The van der Waals surface area contributed by atoms with Gasteiger partial charge >= 0.3 is 5.97 Å². The Morgan fingerprint density at radius 2 is 2.00 bits per heavy atom. The van der Waals surface area contributed by atoms with E-state index in [-0.39, 0.29) is 11.7 Å². The summed E-state index contributed by atoms with van der Waals surface area (Å²) in [6.07, 6.45) is 1.23. The molecule has 156 valence electrons. The van der Waals surface area contributed by atoms with Crippen LogP contribution < -0.4 is 10.2 Å². The van der Waals surface area contributed by atoms with Crippen molar-refractivity contribution in [2.24, 2.45) is 10.9 Å². The molecule has 0 spiro atoms. The molecule has 2 amide bonds. The molecule has 1 aromatic heterocycles. The van der Waals surface area contributed by atoms with Crippen LogP contribution in [0.25, 0.3) is 0 Å². The summed E-state index contributed by atoms with van der Waals surface area (Å²) in [6, 6.07) is 6.50. The molecule has 1 aliphatic rings. The van der Waals surface area contributed by atoms with Crippen LogP contribution in [0, 0.1) is 19.8 Å². The van der Waals surface area contributed by atoms with E-state index in [2.05, 4.69) is 10.3 Å². The van der Waals surface area contributed by atoms with Crippen molar-refractivity contribution in [3.05, 3.63) is 45.3 Å². The Morgan fingerprint density at radius 1 is 1.33 bits per heavy atom. The van der Waals surface area contributed by atoms with Crippen LogP contribution in [0.4, 0.5) is 10.7 Å². The summed E-state index contributed by atoms with van der Waals surface area (Å²) in [7, 11) is 0. The Labute approximate surface area is 187 Å². The van der Waals surface area contributed by atoms with Gasteiger partial charge < -0.3 is 10.1 Å². The summed E-state index contributed by atoms with van der Waals surface area (Å²) in [4.78, 5) is 44.2. The number of aliphatic imine (C=N–C) groups is 1. The first-order valence-corrected chi connectivity index (χ1v) is 10.6. The number of ether oxygens (including phenoxy) is 1. The predicted octanol–water partition coefficient (Wildman–Crippen LogP) is 3.96. The van der Waals surface area contributed by atoms with Gasteiger partial charge in [0.05, 0.1) is 17.9 Å². The number of hydrogen-bond donors (Lipinski definition) is 1. The first-order chi connectivity index (χ1) is 14.2. The van der Waals surface area contributed by atoms with Crippen LogP contribution in [0.1, 0.15) is 27.7 Å². The Balaban J connectivity index is 1.93. The van der Waals surface area contributed by atoms with Crippen molar-refractivity contribution < 1.29 is 19.1 Å². The van der Waals surface area contributed by atoms with Crippen molar-refractivity contribution in [1.29, 1.82) is 0 Å². The maximum absolute atomic E-state index is 13.0. The summed E-state index contributed by atoms with van der Waals surface area (Å²) in [5.41, 5.74) is 1.57. The van der Waals surface area contributed by atoms with Crippen LogP contribution >= 0.6 is 35.2 Å². The lowest BCUT2D eigenvalue weighted by molar-refractivity contribution is -0.130. The molecule has 1 N–H and O–H groups in total. The lowest BCUT2D eigenvalue weighted by Crippen LogP contribution is -2.58. The van der Waals surface area contributed by atoms with Crippen LogP contribution in [-0.2, 0) is 14.3 Å². The molecule has 10 heteroatoms. The number of thiocarbonyl (C=S) groups is 1. The van der Waals surface area contributed by atoms with Gasteiger partial charge in [0.15, 0.2) is 11.0 Å². The van der Waals surface area contributed by atoms with Gasteiger partial charge in [-0.3, -0.25) is 14.5 Å². The van der Waals surface area contributed by atoms with Crippen molar-refractivity contribution in [1.82, 2.24) is 5.32 Å². The molecule has 1 saturated heterocycles. The molecule has 2 heterocycles. The van der Waals surface area contributed by atoms with Gasteiger partial charge in [-0.25, -0.2) is 9.79 Å². The Hall–Kier alpha value is -2.62. The van der Waals surface area contributed by atoms with Gasteiger partial charge in [-0.1, -0.05) is 11.6 Å². The van der Waals surface area contributed by atoms with E-state index in [0.717, 1.165) is 10.4 Å². The summed E-state index contributed by atoms with van der Waals surface area (Å²) >= 11 is 12.4. The zero-order chi connectivity index (χ0) is 22.0. The van der Waals surface area contributed by atoms with E-state index in [1.165, 1.54) is 22.5 Å². The number of thiophene rings is 1. The van der Waals surface area contributed by atoms with Gasteiger partial charge in [0, 0.05) is 16.1 Å². The fraction of sp³-hybridized carbons (Fsp3) is 0.250. The zero-order valence-corrected chi connectivity index (χ0v) is 18.8. The summed E-state index contributed by atoms with van der Waals surface area (Å²) < 4.78 is 5.11. The van der Waals surface area contributed by atoms with Crippen molar-refractivity contribution in [3.8, 4) is 0 Å². The van der Waals surface area contributed by atoms with Gasteiger partial charge in [-0.15, -0.1) is 11.3 Å². The third-order valence-electron chi connectivity index (χ3n) is 4.47. The molecule has 1 fully saturated rings. The molecular weight excluding hydrogens is 446 g/mol. The molecule has 3 rings (SSSR count). The second-order valence-corrected chi connectivity index (χ2v) is 8.41. The third kappa shape index (κ3) is 4.28. The maximum atomic E-state index is 13.0. The maximum Gasteiger partial charge on any atom is 0.341 e. The number of esters is 1. The average molecular weight is 464 g/mol. The summed E-state index contributed by atoms with van der Waals surface area (Å²) in [5, 5.41) is 3.39. The fourth-order valence-electron chi connectivity index (χ4n) is 2.84. The highest BCUT2D eigenvalue weighted by atomic mass is 35.5. The first-order valence-electron chi connectivity index (χ1n) is 9.00. The van der Waals surface area contributed by atoms with E-state index in [4.69, 9.17) is 28.6 Å². The zero-order valence-electron chi connectivity index (χ0n) is 16.4. The van der Waals surface area contributed by atoms with Crippen LogP contribution in [-0.4, -0.2) is 35.7 Å². The minimum absolute atomic E-state index is 0.0213. The lowest BCUT2D eigenvalue weighted by Gasteiger charge is -2.30. The molecule has 1 aromatic carbocycles. The van der Waals surface area contributed by atoms with Crippen molar-refractivity contribution in [2.45, 2.75) is 20.8 Å². The van der Waals surface area contributed by atoms with Gasteiger partial charge in [0.2, 0.25) is 5.91 Å². The molecule has 7 nitrogen and oxygen atoms in total. The highest BCUT2D eigenvalue weighted by Crippen LogP contribution is 2.35. The summed E-state index contributed by atoms with van der Waals surface area (Å²) in [5.74, 6) is -2.82. The normalized spacial score (nSPS) is 16.9. The number of benzene rings is 1. The van der Waals surface area contributed by atoms with Crippen LogP contribution in [0.5, 0.6) is 0 Å². The second kappa shape index (κ2) is 9.03. The average Bonchev–Trinajstić information content (AvgIpc) is 2.97. The Morgan fingerprint density at radius 3 is 2.63 bits per heavy atom. The van der Waals surface area contributed by atoms with E-state index in [1.807, 2.05) is 6.92 Å². The van der Waals surface area contributed by atoms with E-state index in [9.17, 15) is 14.4 Å². The standard InChI is InChI=1S/C20H18ClN3O4S2/c1-4-28-19(27)15-10(2)11(3)30-17(15)22-9-14-16(25)23-20(29)24(18(14)26)13-7-5-12(21)6-8-13/h5-9,14H,4H2,1-3H3,(H,23,25,29)/t14-/m0/s1. The van der Waals surface area contributed by atoms with Gasteiger partial charge in [-0.05, 0) is 62.8 Å². The number of rotatable bonds is 5. The van der Waals surface area contributed by atoms with E-state index >= 15 is 0 Å². The van der Waals surface area contributed by atoms with Crippen LogP contribution in [0.15, 0.2) is 29.3 Å². The lowest BCUT2D eigenvalue weighted by atomic mass is 10.1. The van der Waals surface area contributed by atoms with E-state index in [0.29, 0.717) is 21.3 Å². The summed E-state index contributed by atoms with van der Waals surface area (Å²) in [6.45, 7) is 5.61.